The summed E-state index contributed by atoms with van der Waals surface area (Å²) in [5.41, 5.74) is 1.86. The Morgan fingerprint density at radius 1 is 1.65 bits per heavy atom. The number of ether oxygens (including phenoxy) is 1. The molecule has 2 aromatic rings. The van der Waals surface area contributed by atoms with Gasteiger partial charge in [0.1, 0.15) is 6.10 Å². The number of imidazole rings is 1. The lowest BCUT2D eigenvalue weighted by atomic mass is 10.1. The first kappa shape index (κ1) is 10.5. The average molecular weight is 250 g/mol. The van der Waals surface area contributed by atoms with Gasteiger partial charge >= 0.3 is 5.97 Å². The molecule has 0 fully saturated rings. The molecule has 0 aliphatic carbocycles. The fourth-order valence-corrected chi connectivity index (χ4v) is 2.67. The first-order valence-electron chi connectivity index (χ1n) is 5.16. The van der Waals surface area contributed by atoms with Gasteiger partial charge in [-0.25, -0.2) is 9.78 Å². The fourth-order valence-electron chi connectivity index (χ4n) is 1.97. The molecule has 1 atom stereocenters. The number of aromatic nitrogens is 2. The zero-order valence-electron chi connectivity index (χ0n) is 8.87. The van der Waals surface area contributed by atoms with Crippen LogP contribution >= 0.6 is 11.3 Å². The first-order chi connectivity index (χ1) is 8.25. The third-order valence-corrected chi connectivity index (χ3v) is 3.55. The molecule has 88 valence electrons. The minimum atomic E-state index is -1.00. The summed E-state index contributed by atoms with van der Waals surface area (Å²) in [4.78, 5) is 14.8. The maximum absolute atomic E-state index is 10.9. The van der Waals surface area contributed by atoms with Crippen LogP contribution in [0.5, 0.6) is 0 Å². The molecule has 17 heavy (non-hydrogen) atoms. The second-order valence-electron chi connectivity index (χ2n) is 3.85. The summed E-state index contributed by atoms with van der Waals surface area (Å²) in [6.07, 6.45) is 1.56. The van der Waals surface area contributed by atoms with E-state index in [1.54, 1.807) is 17.7 Å². The van der Waals surface area contributed by atoms with E-state index >= 15 is 0 Å². The van der Waals surface area contributed by atoms with E-state index in [1.165, 1.54) is 0 Å². The quantitative estimate of drug-likeness (QED) is 0.884. The van der Waals surface area contributed by atoms with Crippen molar-refractivity contribution < 1.29 is 14.6 Å². The van der Waals surface area contributed by atoms with Crippen molar-refractivity contribution in [2.75, 3.05) is 0 Å². The lowest BCUT2D eigenvalue weighted by Crippen LogP contribution is -2.21. The van der Waals surface area contributed by atoms with Crippen LogP contribution in [0.4, 0.5) is 0 Å². The van der Waals surface area contributed by atoms with Crippen molar-refractivity contribution >= 4 is 17.3 Å². The summed E-state index contributed by atoms with van der Waals surface area (Å²) in [6, 6.07) is 2.02. The Morgan fingerprint density at radius 2 is 2.53 bits per heavy atom. The normalized spacial score (nSPS) is 18.9. The van der Waals surface area contributed by atoms with Gasteiger partial charge in [-0.1, -0.05) is 0 Å². The molecule has 0 aromatic carbocycles. The standard InChI is InChI=1S/C11H10N2O3S/c14-11(15)10-8-4-16-9(3-13(8)6-12-10)7-1-2-17-5-7/h1-2,5-6,9H,3-4H2,(H,14,15)/t9-/m0/s1. The van der Waals surface area contributed by atoms with Crippen LogP contribution in [-0.4, -0.2) is 20.6 Å². The number of hydrogen-bond acceptors (Lipinski definition) is 4. The molecule has 0 saturated heterocycles. The van der Waals surface area contributed by atoms with Crippen LogP contribution in [0, 0.1) is 0 Å². The Labute approximate surface area is 101 Å². The molecule has 1 aliphatic heterocycles. The minimum absolute atomic E-state index is 0.00963. The molecule has 2 aromatic heterocycles. The van der Waals surface area contributed by atoms with Crippen LogP contribution in [0.2, 0.25) is 0 Å². The van der Waals surface area contributed by atoms with E-state index in [9.17, 15) is 4.79 Å². The summed E-state index contributed by atoms with van der Waals surface area (Å²) in [6.45, 7) is 0.911. The smallest absolute Gasteiger partial charge is 0.356 e. The summed E-state index contributed by atoms with van der Waals surface area (Å²) >= 11 is 1.63. The van der Waals surface area contributed by atoms with Crippen molar-refractivity contribution in [1.29, 1.82) is 0 Å². The molecule has 0 radical (unpaired) electrons. The summed E-state index contributed by atoms with van der Waals surface area (Å²) in [5.74, 6) is -1.00. The van der Waals surface area contributed by atoms with E-state index < -0.39 is 5.97 Å². The number of aromatic carboxylic acids is 1. The summed E-state index contributed by atoms with van der Waals surface area (Å²) in [7, 11) is 0. The second-order valence-corrected chi connectivity index (χ2v) is 4.63. The number of carboxylic acid groups (broad SMARTS) is 1. The number of nitrogens with zero attached hydrogens (tertiary/aromatic N) is 2. The van der Waals surface area contributed by atoms with Gasteiger partial charge in [0.2, 0.25) is 0 Å². The number of thiophene rings is 1. The molecule has 0 bridgehead atoms. The first-order valence-corrected chi connectivity index (χ1v) is 6.11. The summed E-state index contributed by atoms with van der Waals surface area (Å²) in [5, 5.41) is 13.0. The predicted octanol–water partition coefficient (Wildman–Crippen LogP) is 1.91. The number of carbonyl (C=O) groups is 1. The fraction of sp³-hybridized carbons (Fsp3) is 0.273. The lowest BCUT2D eigenvalue weighted by Gasteiger charge is -2.24. The van der Waals surface area contributed by atoms with E-state index in [0.29, 0.717) is 18.8 Å². The summed E-state index contributed by atoms with van der Waals surface area (Å²) < 4.78 is 7.54. The largest absolute Gasteiger partial charge is 0.476 e. The van der Waals surface area contributed by atoms with Crippen molar-refractivity contribution in [3.63, 3.8) is 0 Å². The van der Waals surface area contributed by atoms with Crippen molar-refractivity contribution in [3.05, 3.63) is 40.1 Å². The van der Waals surface area contributed by atoms with Gasteiger partial charge in [0, 0.05) is 0 Å². The van der Waals surface area contributed by atoms with Crippen LogP contribution in [0.1, 0.15) is 27.8 Å². The number of hydrogen-bond donors (Lipinski definition) is 1. The average Bonchev–Trinajstić information content (AvgIpc) is 2.97. The molecule has 0 saturated carbocycles. The third kappa shape index (κ3) is 1.75. The lowest BCUT2D eigenvalue weighted by molar-refractivity contribution is 0.00245. The topological polar surface area (TPSA) is 64.3 Å². The van der Waals surface area contributed by atoms with E-state index in [0.717, 1.165) is 5.56 Å². The highest BCUT2D eigenvalue weighted by molar-refractivity contribution is 7.07. The van der Waals surface area contributed by atoms with Gasteiger partial charge in [0.25, 0.3) is 0 Å². The van der Waals surface area contributed by atoms with E-state index in [1.807, 2.05) is 21.4 Å². The van der Waals surface area contributed by atoms with Crippen LogP contribution in [-0.2, 0) is 17.9 Å². The van der Waals surface area contributed by atoms with E-state index in [2.05, 4.69) is 4.98 Å². The van der Waals surface area contributed by atoms with Gasteiger partial charge in [-0.2, -0.15) is 11.3 Å². The number of fused-ring (bicyclic) bond motifs is 1. The Balaban J connectivity index is 1.89. The molecule has 6 heteroatoms. The second kappa shape index (κ2) is 3.97. The third-order valence-electron chi connectivity index (χ3n) is 2.85. The molecule has 0 spiro atoms. The van der Waals surface area contributed by atoms with Crippen molar-refractivity contribution in [1.82, 2.24) is 9.55 Å². The monoisotopic (exact) mass is 250 g/mol. The Bertz CT molecular complexity index is 547. The van der Waals surface area contributed by atoms with Gasteiger partial charge in [0.15, 0.2) is 5.69 Å². The van der Waals surface area contributed by atoms with E-state index in [4.69, 9.17) is 9.84 Å². The van der Waals surface area contributed by atoms with Crippen molar-refractivity contribution in [2.45, 2.75) is 19.3 Å². The molecule has 0 amide bonds. The SMILES string of the molecule is O=C(O)c1ncn2c1CO[C@H](c1ccsc1)C2. The Kier molecular flexibility index (Phi) is 2.45. The molecule has 1 N–H and O–H groups in total. The highest BCUT2D eigenvalue weighted by Crippen LogP contribution is 2.28. The van der Waals surface area contributed by atoms with Crippen LogP contribution in [0.3, 0.4) is 0 Å². The van der Waals surface area contributed by atoms with Crippen LogP contribution in [0.15, 0.2) is 23.2 Å². The maximum atomic E-state index is 10.9. The molecule has 5 nitrogen and oxygen atoms in total. The zero-order chi connectivity index (χ0) is 11.8. The van der Waals surface area contributed by atoms with Gasteiger partial charge < -0.3 is 14.4 Å². The molecule has 0 unspecified atom stereocenters. The highest BCUT2D eigenvalue weighted by atomic mass is 32.1. The molecular weight excluding hydrogens is 240 g/mol. The minimum Gasteiger partial charge on any atom is -0.476 e. The number of carboxylic acids is 1. The maximum Gasteiger partial charge on any atom is 0.356 e. The Hall–Kier alpha value is -1.66. The van der Waals surface area contributed by atoms with Crippen LogP contribution in [0.25, 0.3) is 0 Å². The van der Waals surface area contributed by atoms with E-state index in [-0.39, 0.29) is 11.8 Å². The van der Waals surface area contributed by atoms with Crippen LogP contribution < -0.4 is 0 Å². The Morgan fingerprint density at radius 3 is 3.24 bits per heavy atom. The van der Waals surface area contributed by atoms with Gasteiger partial charge in [-0.15, -0.1) is 0 Å². The van der Waals surface area contributed by atoms with Crippen molar-refractivity contribution in [3.8, 4) is 0 Å². The molecule has 3 heterocycles. The highest BCUT2D eigenvalue weighted by Gasteiger charge is 2.25. The number of rotatable bonds is 2. The van der Waals surface area contributed by atoms with Crippen molar-refractivity contribution in [2.24, 2.45) is 0 Å². The van der Waals surface area contributed by atoms with Gasteiger partial charge in [-0.3, -0.25) is 0 Å². The molecule has 1 aliphatic rings. The van der Waals surface area contributed by atoms with Gasteiger partial charge in [0.05, 0.1) is 25.2 Å². The molecule has 3 rings (SSSR count). The zero-order valence-corrected chi connectivity index (χ0v) is 9.68. The predicted molar refractivity (Wildman–Crippen MR) is 61.0 cm³/mol. The molecular formula is C11H10N2O3S. The van der Waals surface area contributed by atoms with Gasteiger partial charge in [-0.05, 0) is 22.4 Å².